The molecule has 2 amide bonds. The number of carbonyl (C=O) groups is 2. The lowest BCUT2D eigenvalue weighted by Gasteiger charge is -2.29. The van der Waals surface area contributed by atoms with E-state index in [4.69, 9.17) is 0 Å². The van der Waals surface area contributed by atoms with Gasteiger partial charge < -0.3 is 10.2 Å². The van der Waals surface area contributed by atoms with E-state index in [1.807, 2.05) is 18.2 Å². The number of nitrogens with zero attached hydrogens (tertiary/aromatic N) is 1. The topological polar surface area (TPSA) is 49.4 Å². The molecule has 1 N–H and O–H groups in total. The van der Waals surface area contributed by atoms with Crippen LogP contribution in [0.15, 0.2) is 48.5 Å². The third-order valence-corrected chi connectivity index (χ3v) is 4.00. The van der Waals surface area contributed by atoms with E-state index >= 15 is 0 Å². The lowest BCUT2D eigenvalue weighted by atomic mass is 10.00. The molecule has 1 aliphatic rings. The zero-order chi connectivity index (χ0) is 16.2. The molecular formula is C18H17FN2O2. The summed E-state index contributed by atoms with van der Waals surface area (Å²) in [6, 6.07) is 13.7. The Hall–Kier alpha value is -2.69. The maximum atomic E-state index is 13.5. The molecule has 5 heteroatoms. The zero-order valence-corrected chi connectivity index (χ0v) is 12.6. The number of benzene rings is 2. The highest BCUT2D eigenvalue weighted by Gasteiger charge is 2.21. The van der Waals surface area contributed by atoms with Crippen LogP contribution in [0.5, 0.6) is 0 Å². The van der Waals surface area contributed by atoms with Crippen LogP contribution in [-0.2, 0) is 17.8 Å². The highest BCUT2D eigenvalue weighted by atomic mass is 19.1. The molecule has 4 nitrogen and oxygen atoms in total. The third kappa shape index (κ3) is 3.39. The molecule has 0 saturated heterocycles. The predicted octanol–water partition coefficient (Wildman–Crippen LogP) is 2.14. The second kappa shape index (κ2) is 6.60. The molecule has 118 valence electrons. The SMILES string of the molecule is O=C(NCC(=O)N1CCc2ccccc2C1)c1ccccc1F. The Morgan fingerprint density at radius 3 is 2.52 bits per heavy atom. The van der Waals surface area contributed by atoms with E-state index in [0.29, 0.717) is 13.1 Å². The van der Waals surface area contributed by atoms with Crippen molar-refractivity contribution in [3.8, 4) is 0 Å². The van der Waals surface area contributed by atoms with Crippen molar-refractivity contribution >= 4 is 11.8 Å². The summed E-state index contributed by atoms with van der Waals surface area (Å²) in [6.07, 6.45) is 0.809. The van der Waals surface area contributed by atoms with Gasteiger partial charge in [-0.25, -0.2) is 4.39 Å². The Labute approximate surface area is 133 Å². The Bertz CT molecular complexity index is 745. The van der Waals surface area contributed by atoms with E-state index in [0.717, 1.165) is 12.0 Å². The van der Waals surface area contributed by atoms with E-state index in [2.05, 4.69) is 11.4 Å². The molecule has 1 heterocycles. The van der Waals surface area contributed by atoms with Gasteiger partial charge in [0.1, 0.15) is 5.82 Å². The minimum atomic E-state index is -0.593. The molecule has 0 aromatic heterocycles. The molecule has 0 radical (unpaired) electrons. The Morgan fingerprint density at radius 2 is 1.74 bits per heavy atom. The molecule has 2 aromatic carbocycles. The summed E-state index contributed by atoms with van der Waals surface area (Å²) in [5, 5.41) is 2.49. The van der Waals surface area contributed by atoms with Gasteiger partial charge in [-0.1, -0.05) is 36.4 Å². The van der Waals surface area contributed by atoms with Crippen LogP contribution >= 0.6 is 0 Å². The molecule has 0 unspecified atom stereocenters. The minimum Gasteiger partial charge on any atom is -0.343 e. The normalized spacial score (nSPS) is 13.3. The van der Waals surface area contributed by atoms with Gasteiger partial charge >= 0.3 is 0 Å². The molecular weight excluding hydrogens is 295 g/mol. The van der Waals surface area contributed by atoms with Gasteiger partial charge in [0.05, 0.1) is 12.1 Å². The van der Waals surface area contributed by atoms with Crippen LogP contribution in [-0.4, -0.2) is 29.8 Å². The van der Waals surface area contributed by atoms with Crippen molar-refractivity contribution in [2.75, 3.05) is 13.1 Å². The molecule has 0 bridgehead atoms. The molecule has 0 spiro atoms. The predicted molar refractivity (Wildman–Crippen MR) is 84.3 cm³/mol. The van der Waals surface area contributed by atoms with Crippen molar-refractivity contribution in [1.29, 1.82) is 0 Å². The average molecular weight is 312 g/mol. The summed E-state index contributed by atoms with van der Waals surface area (Å²) in [6.45, 7) is 1.05. The molecule has 0 saturated carbocycles. The fourth-order valence-electron chi connectivity index (χ4n) is 2.72. The molecule has 3 rings (SSSR count). The first-order valence-corrected chi connectivity index (χ1v) is 7.52. The highest BCUT2D eigenvalue weighted by molar-refractivity contribution is 5.96. The molecule has 23 heavy (non-hydrogen) atoms. The van der Waals surface area contributed by atoms with Gasteiger partial charge in [-0.3, -0.25) is 9.59 Å². The maximum absolute atomic E-state index is 13.5. The van der Waals surface area contributed by atoms with E-state index in [1.54, 1.807) is 11.0 Å². The summed E-state index contributed by atoms with van der Waals surface area (Å²) >= 11 is 0. The van der Waals surface area contributed by atoms with Crippen LogP contribution in [0, 0.1) is 5.82 Å². The van der Waals surface area contributed by atoms with Crippen molar-refractivity contribution in [3.63, 3.8) is 0 Å². The standard InChI is InChI=1S/C18H17FN2O2/c19-16-8-4-3-7-15(16)18(23)20-11-17(22)21-10-9-13-5-1-2-6-14(13)12-21/h1-8H,9-12H2,(H,20,23). The molecule has 0 aliphatic carbocycles. The average Bonchev–Trinajstić information content (AvgIpc) is 2.59. The first-order chi connectivity index (χ1) is 11.1. The number of carbonyl (C=O) groups excluding carboxylic acids is 2. The van der Waals surface area contributed by atoms with Crippen LogP contribution < -0.4 is 5.32 Å². The number of fused-ring (bicyclic) bond motifs is 1. The van der Waals surface area contributed by atoms with Gasteiger partial charge in [0.2, 0.25) is 5.91 Å². The Balaban J connectivity index is 1.58. The van der Waals surface area contributed by atoms with Gasteiger partial charge in [-0.05, 0) is 29.7 Å². The van der Waals surface area contributed by atoms with Gasteiger partial charge in [0, 0.05) is 13.1 Å². The van der Waals surface area contributed by atoms with E-state index in [1.165, 1.54) is 23.8 Å². The molecule has 0 fully saturated rings. The molecule has 1 aliphatic heterocycles. The van der Waals surface area contributed by atoms with Crippen LogP contribution in [0.1, 0.15) is 21.5 Å². The van der Waals surface area contributed by atoms with Crippen molar-refractivity contribution in [1.82, 2.24) is 10.2 Å². The summed E-state index contributed by atoms with van der Waals surface area (Å²) in [5.74, 6) is -1.33. The van der Waals surface area contributed by atoms with Crippen LogP contribution in [0.4, 0.5) is 4.39 Å². The van der Waals surface area contributed by atoms with Crippen molar-refractivity contribution in [2.24, 2.45) is 0 Å². The smallest absolute Gasteiger partial charge is 0.254 e. The third-order valence-electron chi connectivity index (χ3n) is 4.00. The summed E-state index contributed by atoms with van der Waals surface area (Å²) in [7, 11) is 0. The van der Waals surface area contributed by atoms with Crippen molar-refractivity contribution in [3.05, 3.63) is 71.0 Å². The van der Waals surface area contributed by atoms with Gasteiger partial charge in [0.25, 0.3) is 5.91 Å². The monoisotopic (exact) mass is 312 g/mol. The Morgan fingerprint density at radius 1 is 1.04 bits per heavy atom. The number of rotatable bonds is 3. The van der Waals surface area contributed by atoms with Crippen molar-refractivity contribution in [2.45, 2.75) is 13.0 Å². The number of hydrogen-bond acceptors (Lipinski definition) is 2. The minimum absolute atomic E-state index is 0.0516. The van der Waals surface area contributed by atoms with Gasteiger partial charge in [0.15, 0.2) is 0 Å². The number of hydrogen-bond donors (Lipinski definition) is 1. The van der Waals surface area contributed by atoms with E-state index < -0.39 is 11.7 Å². The fraction of sp³-hybridized carbons (Fsp3) is 0.222. The van der Waals surface area contributed by atoms with Crippen molar-refractivity contribution < 1.29 is 14.0 Å². The lowest BCUT2D eigenvalue weighted by Crippen LogP contribution is -2.42. The second-order valence-electron chi connectivity index (χ2n) is 5.50. The first kappa shape index (κ1) is 15.2. The number of amides is 2. The molecule has 2 aromatic rings. The Kier molecular flexibility index (Phi) is 4.37. The zero-order valence-electron chi connectivity index (χ0n) is 12.6. The maximum Gasteiger partial charge on any atom is 0.254 e. The summed E-state index contributed by atoms with van der Waals surface area (Å²) < 4.78 is 13.5. The lowest BCUT2D eigenvalue weighted by molar-refractivity contribution is -0.131. The number of nitrogens with one attached hydrogen (secondary N) is 1. The fourth-order valence-corrected chi connectivity index (χ4v) is 2.72. The van der Waals surface area contributed by atoms with Crippen LogP contribution in [0.3, 0.4) is 0 Å². The second-order valence-corrected chi connectivity index (χ2v) is 5.50. The largest absolute Gasteiger partial charge is 0.343 e. The summed E-state index contributed by atoms with van der Waals surface area (Å²) in [4.78, 5) is 25.9. The van der Waals surface area contributed by atoms with Gasteiger partial charge in [-0.15, -0.1) is 0 Å². The number of halogens is 1. The molecule has 0 atom stereocenters. The van der Waals surface area contributed by atoms with Gasteiger partial charge in [-0.2, -0.15) is 0 Å². The first-order valence-electron chi connectivity index (χ1n) is 7.52. The summed E-state index contributed by atoms with van der Waals surface area (Å²) in [5.41, 5.74) is 2.34. The van der Waals surface area contributed by atoms with Crippen LogP contribution in [0.25, 0.3) is 0 Å². The van der Waals surface area contributed by atoms with E-state index in [9.17, 15) is 14.0 Å². The highest BCUT2D eigenvalue weighted by Crippen LogP contribution is 2.18. The van der Waals surface area contributed by atoms with E-state index in [-0.39, 0.29) is 18.0 Å². The van der Waals surface area contributed by atoms with Crippen LogP contribution in [0.2, 0.25) is 0 Å². The quantitative estimate of drug-likeness (QED) is 0.944.